The van der Waals surface area contributed by atoms with Gasteiger partial charge in [-0.15, -0.1) is 0 Å². The zero-order chi connectivity index (χ0) is 14.7. The second-order valence-electron chi connectivity index (χ2n) is 6.27. The summed E-state index contributed by atoms with van der Waals surface area (Å²) in [4.78, 5) is 0. The van der Waals surface area contributed by atoms with Crippen LogP contribution in [0.3, 0.4) is 0 Å². The van der Waals surface area contributed by atoms with E-state index >= 15 is 0 Å². The molecule has 21 heavy (non-hydrogen) atoms. The molecule has 1 saturated carbocycles. The predicted molar refractivity (Wildman–Crippen MR) is 78.5 cm³/mol. The zero-order valence-electron chi connectivity index (χ0n) is 12.3. The van der Waals surface area contributed by atoms with Crippen molar-refractivity contribution in [1.82, 2.24) is 0 Å². The minimum Gasteiger partial charge on any atom is -0.390 e. The quantitative estimate of drug-likeness (QED) is 0.893. The van der Waals surface area contributed by atoms with Gasteiger partial charge >= 0.3 is 0 Å². The summed E-state index contributed by atoms with van der Waals surface area (Å²) in [6, 6.07) is 9.92. The minimum atomic E-state index is -0.863. The van der Waals surface area contributed by atoms with Gasteiger partial charge in [0.1, 0.15) is 6.10 Å². The second kappa shape index (κ2) is 6.44. The Morgan fingerprint density at radius 3 is 2.52 bits per heavy atom. The monoisotopic (exact) mass is 292 g/mol. The van der Waals surface area contributed by atoms with Gasteiger partial charge in [0, 0.05) is 5.41 Å². The van der Waals surface area contributed by atoms with Gasteiger partial charge in [-0.05, 0) is 18.4 Å². The van der Waals surface area contributed by atoms with Gasteiger partial charge in [0.25, 0.3) is 0 Å². The third-order valence-electron chi connectivity index (χ3n) is 4.91. The zero-order valence-corrected chi connectivity index (χ0v) is 12.3. The van der Waals surface area contributed by atoms with E-state index in [1.54, 1.807) is 0 Å². The van der Waals surface area contributed by atoms with Crippen LogP contribution in [0.4, 0.5) is 0 Å². The van der Waals surface area contributed by atoms with E-state index in [-0.39, 0.29) is 0 Å². The standard InChI is InChI=1S/C17H24O4/c18-15-14(12-20-11-13-7-3-1-4-8-13)21-16(19)17(15)9-5-2-6-10-17/h1,3-4,7-8,14-16,18-19H,2,5-6,9-12H2. The maximum absolute atomic E-state index is 10.6. The molecule has 1 spiro atoms. The first-order chi connectivity index (χ1) is 10.2. The van der Waals surface area contributed by atoms with E-state index < -0.39 is 23.9 Å². The maximum Gasteiger partial charge on any atom is 0.163 e. The van der Waals surface area contributed by atoms with Crippen LogP contribution >= 0.6 is 0 Å². The highest BCUT2D eigenvalue weighted by atomic mass is 16.6. The molecular formula is C17H24O4. The molecule has 1 aliphatic carbocycles. The Labute approximate surface area is 125 Å². The fourth-order valence-corrected chi connectivity index (χ4v) is 3.64. The Balaban J connectivity index is 1.55. The third-order valence-corrected chi connectivity index (χ3v) is 4.91. The summed E-state index contributed by atoms with van der Waals surface area (Å²) in [5.41, 5.74) is 0.622. The number of hydrogen-bond acceptors (Lipinski definition) is 4. The smallest absolute Gasteiger partial charge is 0.163 e. The number of benzene rings is 1. The van der Waals surface area contributed by atoms with Crippen molar-refractivity contribution in [3.63, 3.8) is 0 Å². The molecule has 0 radical (unpaired) electrons. The summed E-state index contributed by atoms with van der Waals surface area (Å²) in [5, 5.41) is 20.8. The van der Waals surface area contributed by atoms with Crippen molar-refractivity contribution in [2.24, 2.45) is 5.41 Å². The van der Waals surface area contributed by atoms with E-state index in [4.69, 9.17) is 9.47 Å². The van der Waals surface area contributed by atoms with Crippen LogP contribution in [-0.2, 0) is 16.1 Å². The molecular weight excluding hydrogens is 268 g/mol. The van der Waals surface area contributed by atoms with Crippen molar-refractivity contribution in [1.29, 1.82) is 0 Å². The molecule has 3 unspecified atom stereocenters. The highest BCUT2D eigenvalue weighted by Gasteiger charge is 2.55. The van der Waals surface area contributed by atoms with E-state index in [1.807, 2.05) is 30.3 Å². The summed E-state index contributed by atoms with van der Waals surface area (Å²) in [5.74, 6) is 0. The average molecular weight is 292 g/mol. The first kappa shape index (κ1) is 15.0. The molecule has 1 saturated heterocycles. The molecule has 1 aromatic carbocycles. The van der Waals surface area contributed by atoms with E-state index in [0.717, 1.165) is 31.2 Å². The summed E-state index contributed by atoms with van der Waals surface area (Å²) >= 11 is 0. The van der Waals surface area contributed by atoms with Gasteiger partial charge in [-0.3, -0.25) is 0 Å². The molecule has 1 heterocycles. The molecule has 3 atom stereocenters. The molecule has 1 aliphatic heterocycles. The Kier molecular flexibility index (Phi) is 4.60. The topological polar surface area (TPSA) is 58.9 Å². The van der Waals surface area contributed by atoms with Crippen LogP contribution in [0.25, 0.3) is 0 Å². The van der Waals surface area contributed by atoms with Crippen LogP contribution in [0.5, 0.6) is 0 Å². The summed E-state index contributed by atoms with van der Waals surface area (Å²) < 4.78 is 11.2. The molecule has 0 amide bonds. The fraction of sp³-hybridized carbons (Fsp3) is 0.647. The fourth-order valence-electron chi connectivity index (χ4n) is 3.64. The van der Waals surface area contributed by atoms with Gasteiger partial charge in [-0.2, -0.15) is 0 Å². The Bertz CT molecular complexity index is 441. The number of aliphatic hydroxyl groups is 2. The van der Waals surface area contributed by atoms with Crippen molar-refractivity contribution in [2.75, 3.05) is 6.61 Å². The molecule has 2 N–H and O–H groups in total. The molecule has 0 aromatic heterocycles. The normalized spacial score (nSPS) is 31.6. The molecule has 116 valence electrons. The molecule has 2 fully saturated rings. The highest BCUT2D eigenvalue weighted by molar-refractivity contribution is 5.13. The second-order valence-corrected chi connectivity index (χ2v) is 6.27. The summed E-state index contributed by atoms with van der Waals surface area (Å²) in [6.07, 6.45) is 3.03. The highest BCUT2D eigenvalue weighted by Crippen LogP contribution is 2.48. The molecule has 4 heteroatoms. The lowest BCUT2D eigenvalue weighted by Gasteiger charge is -2.37. The van der Waals surface area contributed by atoms with Crippen LogP contribution in [0, 0.1) is 5.41 Å². The lowest BCUT2D eigenvalue weighted by atomic mass is 9.70. The first-order valence-corrected chi connectivity index (χ1v) is 7.86. The summed E-state index contributed by atoms with van der Waals surface area (Å²) in [7, 11) is 0. The van der Waals surface area contributed by atoms with Crippen molar-refractivity contribution >= 4 is 0 Å². The lowest BCUT2D eigenvalue weighted by Crippen LogP contribution is -2.43. The third kappa shape index (κ3) is 2.99. The maximum atomic E-state index is 10.6. The Morgan fingerprint density at radius 2 is 1.81 bits per heavy atom. The number of hydrogen-bond donors (Lipinski definition) is 2. The van der Waals surface area contributed by atoms with Crippen LogP contribution in [0.15, 0.2) is 30.3 Å². The first-order valence-electron chi connectivity index (χ1n) is 7.86. The molecule has 4 nitrogen and oxygen atoms in total. The number of ether oxygens (including phenoxy) is 2. The van der Waals surface area contributed by atoms with E-state index in [9.17, 15) is 10.2 Å². The van der Waals surface area contributed by atoms with E-state index in [0.29, 0.717) is 13.2 Å². The summed E-state index contributed by atoms with van der Waals surface area (Å²) in [6.45, 7) is 0.811. The largest absolute Gasteiger partial charge is 0.390 e. The van der Waals surface area contributed by atoms with Crippen molar-refractivity contribution in [2.45, 2.75) is 57.2 Å². The van der Waals surface area contributed by atoms with E-state index in [1.165, 1.54) is 6.42 Å². The van der Waals surface area contributed by atoms with Gasteiger partial charge < -0.3 is 19.7 Å². The van der Waals surface area contributed by atoms with Crippen LogP contribution < -0.4 is 0 Å². The van der Waals surface area contributed by atoms with Crippen LogP contribution in [0.1, 0.15) is 37.7 Å². The average Bonchev–Trinajstić information content (AvgIpc) is 2.74. The van der Waals surface area contributed by atoms with E-state index in [2.05, 4.69) is 0 Å². The molecule has 3 rings (SSSR count). The minimum absolute atomic E-state index is 0.314. The Hall–Kier alpha value is -0.940. The SMILES string of the molecule is OC1OC(COCc2ccccc2)C(O)C12CCCCC2. The van der Waals surface area contributed by atoms with Crippen molar-refractivity contribution in [3.8, 4) is 0 Å². The van der Waals surface area contributed by atoms with Gasteiger partial charge in [-0.25, -0.2) is 0 Å². The van der Waals surface area contributed by atoms with Crippen LogP contribution in [0.2, 0.25) is 0 Å². The predicted octanol–water partition coefficient (Wildman–Crippen LogP) is 2.23. The van der Waals surface area contributed by atoms with Gasteiger partial charge in [-0.1, -0.05) is 49.6 Å². The van der Waals surface area contributed by atoms with Gasteiger partial charge in [0.2, 0.25) is 0 Å². The molecule has 2 aliphatic rings. The lowest BCUT2D eigenvalue weighted by molar-refractivity contribution is -0.152. The van der Waals surface area contributed by atoms with Gasteiger partial charge in [0.05, 0.1) is 19.3 Å². The molecule has 1 aromatic rings. The number of aliphatic hydroxyl groups excluding tert-OH is 2. The number of rotatable bonds is 4. The van der Waals surface area contributed by atoms with Crippen molar-refractivity contribution < 1.29 is 19.7 Å². The molecule has 0 bridgehead atoms. The Morgan fingerprint density at radius 1 is 1.10 bits per heavy atom. The van der Waals surface area contributed by atoms with Crippen molar-refractivity contribution in [3.05, 3.63) is 35.9 Å². The van der Waals surface area contributed by atoms with Crippen LogP contribution in [-0.4, -0.2) is 35.3 Å². The van der Waals surface area contributed by atoms with Gasteiger partial charge in [0.15, 0.2) is 6.29 Å².